The van der Waals surface area contributed by atoms with Crippen LogP contribution in [0, 0.1) is 0 Å². The van der Waals surface area contributed by atoms with Gasteiger partial charge in [-0.15, -0.1) is 0 Å². The minimum absolute atomic E-state index is 1.04. The van der Waals surface area contributed by atoms with Gasteiger partial charge < -0.3 is 0 Å². The third-order valence-corrected chi connectivity index (χ3v) is 3.11. The van der Waals surface area contributed by atoms with E-state index in [9.17, 15) is 0 Å². The second kappa shape index (κ2) is 4.81. The van der Waals surface area contributed by atoms with Gasteiger partial charge >= 0.3 is 0 Å². The van der Waals surface area contributed by atoms with Crippen LogP contribution in [0.1, 0.15) is 18.1 Å². The minimum atomic E-state index is 1.04. The first-order chi connectivity index (χ1) is 7.66. The van der Waals surface area contributed by atoms with Crippen molar-refractivity contribution in [2.24, 2.45) is 0 Å². The molecule has 2 heteroatoms. The molecule has 0 radical (unpaired) electrons. The van der Waals surface area contributed by atoms with Crippen molar-refractivity contribution in [2.45, 2.75) is 13.5 Å². The van der Waals surface area contributed by atoms with Crippen molar-refractivity contribution in [3.05, 3.63) is 42.0 Å². The highest BCUT2D eigenvalue weighted by Crippen LogP contribution is 2.19. The van der Waals surface area contributed by atoms with E-state index < -0.39 is 0 Å². The van der Waals surface area contributed by atoms with Crippen LogP contribution in [0.15, 0.2) is 30.8 Å². The Labute approximate surface area is 98.2 Å². The van der Waals surface area contributed by atoms with E-state index in [-0.39, 0.29) is 0 Å². The lowest BCUT2D eigenvalue weighted by Gasteiger charge is -2.17. The molecule has 2 rings (SSSR count). The van der Waals surface area contributed by atoms with Crippen molar-refractivity contribution in [3.8, 4) is 0 Å². The zero-order valence-corrected chi connectivity index (χ0v) is 10.2. The minimum Gasteiger partial charge on any atom is -0.292 e. The lowest BCUT2D eigenvalue weighted by molar-refractivity contribution is 0.268. The molecule has 0 bridgehead atoms. The Kier molecular flexibility index (Phi) is 3.42. The highest BCUT2D eigenvalue weighted by Gasteiger charge is 2.17. The number of nitrogens with zero attached hydrogens (tertiary/aromatic N) is 2. The molecule has 0 unspecified atom stereocenters. The van der Waals surface area contributed by atoms with E-state index >= 15 is 0 Å². The van der Waals surface area contributed by atoms with Crippen LogP contribution < -0.4 is 0 Å². The van der Waals surface area contributed by atoms with Crippen LogP contribution in [0.4, 0.5) is 0 Å². The number of benzene rings is 1. The topological polar surface area (TPSA) is 6.48 Å². The second-order valence-corrected chi connectivity index (χ2v) is 4.71. The largest absolute Gasteiger partial charge is 0.292 e. The first-order valence-electron chi connectivity index (χ1n) is 5.81. The Balaban J connectivity index is 2.12. The SMILES string of the molecule is C=C(C)c1ccccc1CN1CCN(C)C1. The molecule has 0 N–H and O–H groups in total. The van der Waals surface area contributed by atoms with Gasteiger partial charge in [0.1, 0.15) is 0 Å². The predicted octanol–water partition coefficient (Wildman–Crippen LogP) is 2.42. The lowest BCUT2D eigenvalue weighted by Crippen LogP contribution is -2.23. The van der Waals surface area contributed by atoms with E-state index in [1.165, 1.54) is 24.2 Å². The van der Waals surface area contributed by atoms with Crippen LogP contribution in [-0.4, -0.2) is 36.6 Å². The standard InChI is InChI=1S/C14H20N2/c1-12(2)14-7-5-4-6-13(14)10-16-9-8-15(3)11-16/h4-7H,1,8-11H2,2-3H3. The molecule has 1 heterocycles. The summed E-state index contributed by atoms with van der Waals surface area (Å²) in [6.07, 6.45) is 0. The zero-order chi connectivity index (χ0) is 11.5. The number of rotatable bonds is 3. The van der Waals surface area contributed by atoms with E-state index in [1.54, 1.807) is 0 Å². The van der Waals surface area contributed by atoms with E-state index in [4.69, 9.17) is 0 Å². The summed E-state index contributed by atoms with van der Waals surface area (Å²) in [5.41, 5.74) is 3.85. The number of likely N-dealkylation sites (N-methyl/N-ethyl adjacent to an activating group) is 1. The molecule has 0 saturated carbocycles. The molecule has 1 fully saturated rings. The predicted molar refractivity (Wildman–Crippen MR) is 69.1 cm³/mol. The van der Waals surface area contributed by atoms with Crippen LogP contribution in [0.25, 0.3) is 5.57 Å². The van der Waals surface area contributed by atoms with E-state index in [2.05, 4.69) is 54.6 Å². The number of hydrogen-bond acceptors (Lipinski definition) is 2. The van der Waals surface area contributed by atoms with Gasteiger partial charge in [0.05, 0.1) is 6.67 Å². The van der Waals surface area contributed by atoms with Crippen LogP contribution >= 0.6 is 0 Å². The average Bonchev–Trinajstić information content (AvgIpc) is 2.64. The first-order valence-corrected chi connectivity index (χ1v) is 5.81. The summed E-state index contributed by atoms with van der Waals surface area (Å²) < 4.78 is 0. The van der Waals surface area contributed by atoms with E-state index in [0.29, 0.717) is 0 Å². The molecule has 1 saturated heterocycles. The quantitative estimate of drug-likeness (QED) is 0.765. The van der Waals surface area contributed by atoms with Gasteiger partial charge in [0, 0.05) is 19.6 Å². The lowest BCUT2D eigenvalue weighted by atomic mass is 10.0. The maximum absolute atomic E-state index is 4.05. The Morgan fingerprint density at radius 2 is 2.06 bits per heavy atom. The first kappa shape index (κ1) is 11.4. The highest BCUT2D eigenvalue weighted by molar-refractivity contribution is 5.64. The normalized spacial score (nSPS) is 17.9. The Hall–Kier alpha value is -1.12. The fourth-order valence-electron chi connectivity index (χ4n) is 2.24. The smallest absolute Gasteiger partial charge is 0.0507 e. The fourth-order valence-corrected chi connectivity index (χ4v) is 2.24. The van der Waals surface area contributed by atoms with Crippen molar-refractivity contribution in [3.63, 3.8) is 0 Å². The molecule has 16 heavy (non-hydrogen) atoms. The van der Waals surface area contributed by atoms with Crippen molar-refractivity contribution >= 4 is 5.57 Å². The summed E-state index contributed by atoms with van der Waals surface area (Å²) in [6, 6.07) is 8.57. The van der Waals surface area contributed by atoms with Gasteiger partial charge in [-0.1, -0.05) is 36.4 Å². The number of allylic oxidation sites excluding steroid dienone is 1. The summed E-state index contributed by atoms with van der Waals surface area (Å²) >= 11 is 0. The molecule has 1 aliphatic rings. The molecular formula is C14H20N2. The van der Waals surface area contributed by atoms with Gasteiger partial charge in [-0.05, 0) is 25.1 Å². The van der Waals surface area contributed by atoms with Crippen molar-refractivity contribution < 1.29 is 0 Å². The molecule has 0 aliphatic carbocycles. The van der Waals surface area contributed by atoms with Gasteiger partial charge in [0.25, 0.3) is 0 Å². The van der Waals surface area contributed by atoms with E-state index in [1.807, 2.05) is 0 Å². The fraction of sp³-hybridized carbons (Fsp3) is 0.429. The molecule has 1 aromatic carbocycles. The monoisotopic (exact) mass is 216 g/mol. The Bertz CT molecular complexity index is 384. The molecule has 1 aromatic rings. The highest BCUT2D eigenvalue weighted by atomic mass is 15.4. The summed E-state index contributed by atoms with van der Waals surface area (Å²) in [5, 5.41) is 0. The van der Waals surface area contributed by atoms with Crippen molar-refractivity contribution in [1.82, 2.24) is 9.80 Å². The maximum Gasteiger partial charge on any atom is 0.0507 e. The molecule has 86 valence electrons. The van der Waals surface area contributed by atoms with Crippen LogP contribution in [0.3, 0.4) is 0 Å². The zero-order valence-electron chi connectivity index (χ0n) is 10.2. The third-order valence-electron chi connectivity index (χ3n) is 3.11. The van der Waals surface area contributed by atoms with Gasteiger partial charge in [-0.25, -0.2) is 0 Å². The summed E-state index contributed by atoms with van der Waals surface area (Å²) in [5.74, 6) is 0. The molecule has 0 spiro atoms. The van der Waals surface area contributed by atoms with Gasteiger partial charge in [0.2, 0.25) is 0 Å². The second-order valence-electron chi connectivity index (χ2n) is 4.71. The maximum atomic E-state index is 4.05. The molecule has 0 aromatic heterocycles. The van der Waals surface area contributed by atoms with Crippen LogP contribution in [0.5, 0.6) is 0 Å². The molecule has 1 aliphatic heterocycles. The molecule has 0 amide bonds. The van der Waals surface area contributed by atoms with Crippen LogP contribution in [0.2, 0.25) is 0 Å². The molecule has 2 nitrogen and oxygen atoms in total. The van der Waals surface area contributed by atoms with E-state index in [0.717, 1.165) is 18.8 Å². The van der Waals surface area contributed by atoms with Crippen molar-refractivity contribution in [1.29, 1.82) is 0 Å². The molecular weight excluding hydrogens is 196 g/mol. The summed E-state index contributed by atoms with van der Waals surface area (Å²) in [4.78, 5) is 4.82. The summed E-state index contributed by atoms with van der Waals surface area (Å²) in [6.45, 7) is 10.6. The Morgan fingerprint density at radius 1 is 1.31 bits per heavy atom. The molecule has 0 atom stereocenters. The van der Waals surface area contributed by atoms with Crippen LogP contribution in [-0.2, 0) is 6.54 Å². The van der Waals surface area contributed by atoms with Gasteiger partial charge in [-0.3, -0.25) is 9.80 Å². The van der Waals surface area contributed by atoms with Gasteiger partial charge in [0.15, 0.2) is 0 Å². The summed E-state index contributed by atoms with van der Waals surface area (Å²) in [7, 11) is 2.17. The average molecular weight is 216 g/mol. The van der Waals surface area contributed by atoms with Gasteiger partial charge in [-0.2, -0.15) is 0 Å². The number of hydrogen-bond donors (Lipinski definition) is 0. The Morgan fingerprint density at radius 3 is 2.69 bits per heavy atom. The third kappa shape index (κ3) is 2.52. The van der Waals surface area contributed by atoms with Crippen molar-refractivity contribution in [2.75, 3.05) is 26.8 Å².